The van der Waals surface area contributed by atoms with Gasteiger partial charge in [-0.3, -0.25) is 0 Å². The third kappa shape index (κ3) is 5.91. The van der Waals surface area contributed by atoms with Crippen molar-refractivity contribution in [2.75, 3.05) is 19.7 Å². The van der Waals surface area contributed by atoms with E-state index in [1.54, 1.807) is 6.08 Å². The van der Waals surface area contributed by atoms with Gasteiger partial charge in [0, 0.05) is 26.1 Å². The summed E-state index contributed by atoms with van der Waals surface area (Å²) in [7, 11) is 0. The highest BCUT2D eigenvalue weighted by Gasteiger charge is 2.21. The number of rotatable bonds is 8. The van der Waals surface area contributed by atoms with Crippen LogP contribution in [0, 0.1) is 0 Å². The molecule has 17 heavy (non-hydrogen) atoms. The quantitative estimate of drug-likeness (QED) is 0.540. The number of amides is 2. The molecule has 98 valence electrons. The molecule has 0 bridgehead atoms. The summed E-state index contributed by atoms with van der Waals surface area (Å²) in [5, 5.41) is 19.9. The summed E-state index contributed by atoms with van der Waals surface area (Å²) < 4.78 is 0. The van der Waals surface area contributed by atoms with E-state index in [0.29, 0.717) is 13.1 Å². The van der Waals surface area contributed by atoms with E-state index in [2.05, 4.69) is 11.9 Å². The van der Waals surface area contributed by atoms with Gasteiger partial charge in [0.25, 0.3) is 0 Å². The highest BCUT2D eigenvalue weighted by molar-refractivity contribution is 5.82. The van der Waals surface area contributed by atoms with Gasteiger partial charge in [-0.25, -0.2) is 9.59 Å². The van der Waals surface area contributed by atoms with E-state index in [1.807, 2.05) is 6.92 Å². The molecule has 2 amide bonds. The molecule has 0 rings (SSSR count). The fourth-order valence-electron chi connectivity index (χ4n) is 1.33. The van der Waals surface area contributed by atoms with E-state index in [9.17, 15) is 9.59 Å². The zero-order valence-electron chi connectivity index (χ0n) is 10.1. The first kappa shape index (κ1) is 15.4. The van der Waals surface area contributed by atoms with E-state index in [0.717, 1.165) is 6.42 Å². The molecule has 0 aliphatic heterocycles. The predicted octanol–water partition coefficient (Wildman–Crippen LogP) is 0.430. The molecule has 0 aliphatic rings. The third-order valence-corrected chi connectivity index (χ3v) is 2.14. The van der Waals surface area contributed by atoms with Crippen molar-refractivity contribution in [1.29, 1.82) is 0 Å². The SMILES string of the molecule is C=CCN(CCC)C(=O)NC(CCO)C(=O)O. The summed E-state index contributed by atoms with van der Waals surface area (Å²) in [5.41, 5.74) is 0. The Kier molecular flexibility index (Phi) is 7.79. The Bertz CT molecular complexity index is 268. The number of hydrogen-bond acceptors (Lipinski definition) is 3. The van der Waals surface area contributed by atoms with Gasteiger partial charge in [0.05, 0.1) is 0 Å². The van der Waals surface area contributed by atoms with Gasteiger partial charge >= 0.3 is 12.0 Å². The second kappa shape index (κ2) is 8.58. The maximum atomic E-state index is 11.7. The fraction of sp³-hybridized carbons (Fsp3) is 0.636. The van der Waals surface area contributed by atoms with Crippen LogP contribution >= 0.6 is 0 Å². The normalized spacial score (nSPS) is 11.6. The van der Waals surface area contributed by atoms with Gasteiger partial charge in [0.2, 0.25) is 0 Å². The molecule has 0 spiro atoms. The molecule has 6 nitrogen and oxygen atoms in total. The predicted molar refractivity (Wildman–Crippen MR) is 63.7 cm³/mol. The second-order valence-corrected chi connectivity index (χ2v) is 3.59. The summed E-state index contributed by atoms with van der Waals surface area (Å²) in [5.74, 6) is -1.15. The number of nitrogens with zero attached hydrogens (tertiary/aromatic N) is 1. The minimum absolute atomic E-state index is 0.00483. The number of carbonyl (C=O) groups excluding carboxylic acids is 1. The van der Waals surface area contributed by atoms with Crippen LogP contribution in [-0.4, -0.2) is 52.9 Å². The number of carbonyl (C=O) groups is 2. The molecule has 0 aliphatic carbocycles. The third-order valence-electron chi connectivity index (χ3n) is 2.14. The molecule has 0 aromatic carbocycles. The first-order valence-electron chi connectivity index (χ1n) is 5.56. The maximum absolute atomic E-state index is 11.7. The van der Waals surface area contributed by atoms with Crippen LogP contribution in [0.1, 0.15) is 19.8 Å². The van der Waals surface area contributed by atoms with Gasteiger partial charge in [0.15, 0.2) is 0 Å². The van der Waals surface area contributed by atoms with Gasteiger partial charge < -0.3 is 20.4 Å². The highest BCUT2D eigenvalue weighted by atomic mass is 16.4. The van der Waals surface area contributed by atoms with E-state index >= 15 is 0 Å². The maximum Gasteiger partial charge on any atom is 0.326 e. The molecule has 3 N–H and O–H groups in total. The second-order valence-electron chi connectivity index (χ2n) is 3.59. The monoisotopic (exact) mass is 244 g/mol. The largest absolute Gasteiger partial charge is 0.480 e. The smallest absolute Gasteiger partial charge is 0.326 e. The Hall–Kier alpha value is -1.56. The molecule has 0 saturated heterocycles. The zero-order valence-corrected chi connectivity index (χ0v) is 10.1. The summed E-state index contributed by atoms with van der Waals surface area (Å²) in [4.78, 5) is 24.0. The molecular weight excluding hydrogens is 224 g/mol. The van der Waals surface area contributed by atoms with E-state index < -0.39 is 18.0 Å². The van der Waals surface area contributed by atoms with Crippen molar-refractivity contribution in [3.8, 4) is 0 Å². The van der Waals surface area contributed by atoms with Crippen molar-refractivity contribution in [3.05, 3.63) is 12.7 Å². The van der Waals surface area contributed by atoms with Gasteiger partial charge in [-0.05, 0) is 6.42 Å². The number of urea groups is 1. The van der Waals surface area contributed by atoms with Crippen LogP contribution in [-0.2, 0) is 4.79 Å². The lowest BCUT2D eigenvalue weighted by molar-refractivity contribution is -0.139. The Balaban J connectivity index is 4.43. The summed E-state index contributed by atoms with van der Waals surface area (Å²) in [6.07, 6.45) is 2.35. The number of carboxylic acid groups (broad SMARTS) is 1. The standard InChI is InChI=1S/C11H20N2O4/c1-3-6-13(7-4-2)11(17)12-9(5-8-14)10(15)16/h3,9,14H,1,4-8H2,2H3,(H,12,17)(H,15,16). The lowest BCUT2D eigenvalue weighted by Crippen LogP contribution is -2.48. The number of nitrogens with one attached hydrogen (secondary N) is 1. The number of aliphatic hydroxyl groups excluding tert-OH is 1. The van der Waals surface area contributed by atoms with E-state index in [1.165, 1.54) is 4.90 Å². The summed E-state index contributed by atoms with van der Waals surface area (Å²) in [6.45, 7) is 6.07. The molecule has 0 aromatic rings. The average Bonchev–Trinajstić information content (AvgIpc) is 2.28. The van der Waals surface area contributed by atoms with Crippen molar-refractivity contribution < 1.29 is 19.8 Å². The lowest BCUT2D eigenvalue weighted by atomic mass is 10.2. The fourth-order valence-corrected chi connectivity index (χ4v) is 1.33. The number of hydrogen-bond donors (Lipinski definition) is 3. The minimum Gasteiger partial charge on any atom is -0.480 e. The van der Waals surface area contributed by atoms with Crippen molar-refractivity contribution >= 4 is 12.0 Å². The average molecular weight is 244 g/mol. The Morgan fingerprint density at radius 3 is 2.59 bits per heavy atom. The number of aliphatic hydroxyl groups is 1. The molecule has 0 saturated carbocycles. The van der Waals surface area contributed by atoms with E-state index in [4.69, 9.17) is 10.2 Å². The van der Waals surface area contributed by atoms with Gasteiger partial charge in [-0.2, -0.15) is 0 Å². The summed E-state index contributed by atoms with van der Waals surface area (Å²) in [6, 6.07) is -1.51. The highest BCUT2D eigenvalue weighted by Crippen LogP contribution is 1.97. The van der Waals surface area contributed by atoms with Crippen LogP contribution in [0.15, 0.2) is 12.7 Å². The topological polar surface area (TPSA) is 89.9 Å². The van der Waals surface area contributed by atoms with Crippen molar-refractivity contribution in [2.24, 2.45) is 0 Å². The zero-order chi connectivity index (χ0) is 13.3. The first-order chi connectivity index (χ1) is 8.06. The minimum atomic E-state index is -1.15. The first-order valence-corrected chi connectivity index (χ1v) is 5.56. The Labute approximate surface area is 101 Å². The van der Waals surface area contributed by atoms with Gasteiger partial charge in [0.1, 0.15) is 6.04 Å². The summed E-state index contributed by atoms with van der Waals surface area (Å²) >= 11 is 0. The van der Waals surface area contributed by atoms with E-state index in [-0.39, 0.29) is 13.0 Å². The number of carboxylic acids is 1. The Morgan fingerprint density at radius 1 is 1.53 bits per heavy atom. The molecule has 0 aromatic heterocycles. The molecule has 0 heterocycles. The van der Waals surface area contributed by atoms with Crippen LogP contribution in [0.25, 0.3) is 0 Å². The molecule has 0 fully saturated rings. The number of aliphatic carboxylic acids is 1. The van der Waals surface area contributed by atoms with Crippen molar-refractivity contribution in [3.63, 3.8) is 0 Å². The van der Waals surface area contributed by atoms with Crippen LogP contribution in [0.5, 0.6) is 0 Å². The lowest BCUT2D eigenvalue weighted by Gasteiger charge is -2.23. The van der Waals surface area contributed by atoms with Crippen LogP contribution in [0.3, 0.4) is 0 Å². The molecule has 1 atom stereocenters. The molecule has 6 heteroatoms. The Morgan fingerprint density at radius 2 is 2.18 bits per heavy atom. The molecule has 0 radical (unpaired) electrons. The van der Waals surface area contributed by atoms with Gasteiger partial charge in [-0.1, -0.05) is 13.0 Å². The van der Waals surface area contributed by atoms with Crippen LogP contribution < -0.4 is 5.32 Å². The van der Waals surface area contributed by atoms with Crippen molar-refractivity contribution in [1.82, 2.24) is 10.2 Å². The van der Waals surface area contributed by atoms with Crippen LogP contribution in [0.4, 0.5) is 4.79 Å². The van der Waals surface area contributed by atoms with Crippen LogP contribution in [0.2, 0.25) is 0 Å². The van der Waals surface area contributed by atoms with Gasteiger partial charge in [-0.15, -0.1) is 6.58 Å². The molecule has 1 unspecified atom stereocenters. The molecular formula is C11H20N2O4. The van der Waals surface area contributed by atoms with Crippen molar-refractivity contribution in [2.45, 2.75) is 25.8 Å².